The van der Waals surface area contributed by atoms with Gasteiger partial charge in [0.05, 0.1) is 4.90 Å². The van der Waals surface area contributed by atoms with Crippen LogP contribution in [0.1, 0.15) is 37.8 Å². The van der Waals surface area contributed by atoms with E-state index in [1.165, 1.54) is 19.1 Å². The SMILES string of the molecule is CC(NCCCOCC1CC1)c1ccc(S(C)(=O)=O)cc1. The fourth-order valence-electron chi connectivity index (χ4n) is 2.15. The molecule has 1 N–H and O–H groups in total. The van der Waals surface area contributed by atoms with E-state index in [0.29, 0.717) is 4.90 Å². The summed E-state index contributed by atoms with van der Waals surface area (Å²) in [4.78, 5) is 0.368. The Balaban J connectivity index is 1.68. The zero-order chi connectivity index (χ0) is 15.3. The lowest BCUT2D eigenvalue weighted by Gasteiger charge is -2.14. The van der Waals surface area contributed by atoms with Crippen molar-refractivity contribution in [1.29, 1.82) is 0 Å². The van der Waals surface area contributed by atoms with Gasteiger partial charge in [-0.25, -0.2) is 8.42 Å². The highest BCUT2D eigenvalue weighted by molar-refractivity contribution is 7.90. The van der Waals surface area contributed by atoms with E-state index in [-0.39, 0.29) is 6.04 Å². The van der Waals surface area contributed by atoms with E-state index in [9.17, 15) is 8.42 Å². The van der Waals surface area contributed by atoms with Gasteiger partial charge in [-0.1, -0.05) is 12.1 Å². The van der Waals surface area contributed by atoms with E-state index in [1.807, 2.05) is 12.1 Å². The van der Waals surface area contributed by atoms with Gasteiger partial charge in [0, 0.05) is 25.5 Å². The van der Waals surface area contributed by atoms with Crippen LogP contribution in [0.25, 0.3) is 0 Å². The third kappa shape index (κ3) is 5.77. The minimum Gasteiger partial charge on any atom is -0.381 e. The first-order valence-corrected chi connectivity index (χ1v) is 9.47. The topological polar surface area (TPSA) is 55.4 Å². The lowest BCUT2D eigenvalue weighted by Crippen LogP contribution is -2.21. The second-order valence-electron chi connectivity index (χ2n) is 5.89. The monoisotopic (exact) mass is 311 g/mol. The van der Waals surface area contributed by atoms with Crippen molar-refractivity contribution in [3.63, 3.8) is 0 Å². The minimum absolute atomic E-state index is 0.210. The molecule has 1 saturated carbocycles. The maximum absolute atomic E-state index is 11.4. The molecule has 1 aliphatic carbocycles. The fourth-order valence-corrected chi connectivity index (χ4v) is 2.78. The van der Waals surface area contributed by atoms with Gasteiger partial charge in [0.1, 0.15) is 0 Å². The Labute approximate surface area is 127 Å². The van der Waals surface area contributed by atoms with Gasteiger partial charge < -0.3 is 10.1 Å². The average Bonchev–Trinajstić information content (AvgIpc) is 3.26. The first-order valence-electron chi connectivity index (χ1n) is 7.58. The highest BCUT2D eigenvalue weighted by Gasteiger charge is 2.20. The molecule has 4 nitrogen and oxygen atoms in total. The predicted molar refractivity (Wildman–Crippen MR) is 84.1 cm³/mol. The molecule has 1 aromatic rings. The van der Waals surface area contributed by atoms with Gasteiger partial charge in [0.25, 0.3) is 0 Å². The maximum Gasteiger partial charge on any atom is 0.175 e. The number of benzene rings is 1. The molecular formula is C16H25NO3S. The average molecular weight is 311 g/mol. The Morgan fingerprint density at radius 1 is 1.29 bits per heavy atom. The van der Waals surface area contributed by atoms with E-state index in [0.717, 1.165) is 37.7 Å². The van der Waals surface area contributed by atoms with Gasteiger partial charge in [-0.3, -0.25) is 0 Å². The number of nitrogens with one attached hydrogen (secondary N) is 1. The summed E-state index contributed by atoms with van der Waals surface area (Å²) in [6.07, 6.45) is 4.89. The lowest BCUT2D eigenvalue weighted by atomic mass is 10.1. The van der Waals surface area contributed by atoms with Gasteiger partial charge in [-0.15, -0.1) is 0 Å². The van der Waals surface area contributed by atoms with Crippen LogP contribution in [0.3, 0.4) is 0 Å². The standard InChI is InChI=1S/C16H25NO3S/c1-13(17-10-3-11-20-12-14-4-5-14)15-6-8-16(9-7-15)21(2,18)19/h6-9,13-14,17H,3-5,10-12H2,1-2H3. The molecule has 0 aliphatic heterocycles. The summed E-state index contributed by atoms with van der Waals surface area (Å²) in [7, 11) is -3.11. The number of hydrogen-bond acceptors (Lipinski definition) is 4. The number of sulfone groups is 1. The van der Waals surface area contributed by atoms with E-state index >= 15 is 0 Å². The molecule has 0 radical (unpaired) electrons. The van der Waals surface area contributed by atoms with E-state index in [4.69, 9.17) is 4.74 Å². The Kier molecular flexibility index (Phi) is 5.79. The maximum atomic E-state index is 11.4. The molecule has 0 saturated heterocycles. The summed E-state index contributed by atoms with van der Waals surface area (Å²) in [6, 6.07) is 7.29. The molecule has 1 unspecified atom stereocenters. The van der Waals surface area contributed by atoms with Crippen molar-refractivity contribution in [3.05, 3.63) is 29.8 Å². The molecule has 0 spiro atoms. The summed E-state index contributed by atoms with van der Waals surface area (Å²) >= 11 is 0. The molecule has 0 aromatic heterocycles. The molecule has 2 rings (SSSR count). The Morgan fingerprint density at radius 3 is 2.52 bits per heavy atom. The van der Waals surface area contributed by atoms with Gasteiger partial charge in [0.2, 0.25) is 0 Å². The van der Waals surface area contributed by atoms with Crippen molar-refractivity contribution < 1.29 is 13.2 Å². The second kappa shape index (κ2) is 7.38. The summed E-state index contributed by atoms with van der Waals surface area (Å²) in [5.41, 5.74) is 1.10. The van der Waals surface area contributed by atoms with Crippen LogP contribution < -0.4 is 5.32 Å². The number of hydrogen-bond donors (Lipinski definition) is 1. The number of ether oxygens (including phenoxy) is 1. The molecule has 1 fully saturated rings. The molecule has 0 bridgehead atoms. The zero-order valence-corrected chi connectivity index (χ0v) is 13.7. The van der Waals surface area contributed by atoms with Crippen LogP contribution in [0.5, 0.6) is 0 Å². The number of rotatable bonds is 9. The first kappa shape index (κ1) is 16.5. The van der Waals surface area contributed by atoms with Gasteiger partial charge >= 0.3 is 0 Å². The van der Waals surface area contributed by atoms with Crippen molar-refractivity contribution in [2.45, 2.75) is 37.1 Å². The van der Waals surface area contributed by atoms with Crippen molar-refractivity contribution in [3.8, 4) is 0 Å². The smallest absolute Gasteiger partial charge is 0.175 e. The van der Waals surface area contributed by atoms with Crippen molar-refractivity contribution in [2.75, 3.05) is 26.0 Å². The third-order valence-electron chi connectivity index (χ3n) is 3.77. The Hall–Kier alpha value is -0.910. The molecule has 0 amide bonds. The molecular weight excluding hydrogens is 286 g/mol. The highest BCUT2D eigenvalue weighted by atomic mass is 32.2. The van der Waals surface area contributed by atoms with E-state index in [2.05, 4.69) is 12.2 Å². The molecule has 1 atom stereocenters. The molecule has 118 valence electrons. The Morgan fingerprint density at radius 2 is 1.95 bits per heavy atom. The third-order valence-corrected chi connectivity index (χ3v) is 4.90. The first-order chi connectivity index (χ1) is 9.97. The van der Waals surface area contributed by atoms with Crippen LogP contribution >= 0.6 is 0 Å². The highest BCUT2D eigenvalue weighted by Crippen LogP contribution is 2.28. The zero-order valence-electron chi connectivity index (χ0n) is 12.8. The van der Waals surface area contributed by atoms with Crippen LogP contribution in [-0.4, -0.2) is 34.4 Å². The summed E-state index contributed by atoms with van der Waals surface area (Å²) in [5, 5.41) is 3.43. The van der Waals surface area contributed by atoms with Crippen molar-refractivity contribution in [1.82, 2.24) is 5.32 Å². The second-order valence-corrected chi connectivity index (χ2v) is 7.90. The minimum atomic E-state index is -3.11. The van der Waals surface area contributed by atoms with Crippen LogP contribution in [0.15, 0.2) is 29.2 Å². The van der Waals surface area contributed by atoms with Crippen LogP contribution in [0.4, 0.5) is 0 Å². The summed E-state index contributed by atoms with van der Waals surface area (Å²) in [6.45, 7) is 4.71. The van der Waals surface area contributed by atoms with Crippen molar-refractivity contribution >= 4 is 9.84 Å². The van der Waals surface area contributed by atoms with Gasteiger partial charge in [-0.05, 0) is 56.3 Å². The van der Waals surface area contributed by atoms with Crippen LogP contribution in [0.2, 0.25) is 0 Å². The quantitative estimate of drug-likeness (QED) is 0.712. The van der Waals surface area contributed by atoms with Gasteiger partial charge in [-0.2, -0.15) is 0 Å². The molecule has 1 aliphatic rings. The molecule has 21 heavy (non-hydrogen) atoms. The van der Waals surface area contributed by atoms with E-state index in [1.54, 1.807) is 12.1 Å². The van der Waals surface area contributed by atoms with E-state index < -0.39 is 9.84 Å². The largest absolute Gasteiger partial charge is 0.381 e. The summed E-state index contributed by atoms with van der Waals surface area (Å²) < 4.78 is 28.4. The lowest BCUT2D eigenvalue weighted by molar-refractivity contribution is 0.121. The molecule has 1 aromatic carbocycles. The van der Waals surface area contributed by atoms with Crippen LogP contribution in [0, 0.1) is 5.92 Å². The molecule has 5 heteroatoms. The Bertz CT molecular complexity index is 535. The normalized spacial score (nSPS) is 16.9. The summed E-state index contributed by atoms with van der Waals surface area (Å²) in [5.74, 6) is 0.824. The fraction of sp³-hybridized carbons (Fsp3) is 0.625. The van der Waals surface area contributed by atoms with Crippen molar-refractivity contribution in [2.24, 2.45) is 5.92 Å². The van der Waals surface area contributed by atoms with Gasteiger partial charge in [0.15, 0.2) is 9.84 Å². The predicted octanol–water partition coefficient (Wildman–Crippen LogP) is 2.56. The van der Waals surface area contributed by atoms with Crippen LogP contribution in [-0.2, 0) is 14.6 Å². The molecule has 0 heterocycles.